The highest BCUT2D eigenvalue weighted by Gasteiger charge is 2.17. The zero-order valence-electron chi connectivity index (χ0n) is 11.5. The van der Waals surface area contributed by atoms with Crippen molar-refractivity contribution in [3.8, 4) is 0 Å². The van der Waals surface area contributed by atoms with Gasteiger partial charge in [-0.3, -0.25) is 30.3 Å². The number of non-ortho nitro benzene ring substituents is 2. The Labute approximate surface area is 128 Å². The van der Waals surface area contributed by atoms with Crippen molar-refractivity contribution in [3.05, 3.63) is 83.9 Å². The fraction of sp³-hybridized carbons (Fsp3) is 0. The molecule has 0 radical (unpaired) electrons. The van der Waals surface area contributed by atoms with Crippen molar-refractivity contribution in [2.24, 2.45) is 0 Å². The first-order chi connectivity index (χ1) is 10.9. The van der Waals surface area contributed by atoms with Crippen molar-refractivity contribution in [1.82, 2.24) is 0 Å². The Bertz CT molecular complexity index is 831. The van der Waals surface area contributed by atoms with Gasteiger partial charge in [0.2, 0.25) is 0 Å². The molecule has 0 aliphatic rings. The molecule has 0 aliphatic carbocycles. The molecule has 0 saturated heterocycles. The summed E-state index contributed by atoms with van der Waals surface area (Å²) in [4.78, 5) is 30.4. The molecule has 0 aliphatic heterocycles. The molecule has 0 amide bonds. The third kappa shape index (κ3) is 3.73. The van der Waals surface area contributed by atoms with Gasteiger partial charge in [-0.05, 0) is 17.7 Å². The third-order valence-corrected chi connectivity index (χ3v) is 2.96. The first-order valence-electron chi connectivity index (χ1n) is 6.24. The summed E-state index contributed by atoms with van der Waals surface area (Å²) in [5.41, 5.74) is -0.269. The van der Waals surface area contributed by atoms with Gasteiger partial charge in [0.05, 0.1) is 26.4 Å². The number of benzene rings is 2. The van der Waals surface area contributed by atoms with E-state index in [-0.39, 0.29) is 16.9 Å². The molecular formula is C14H9N3O6. The van der Waals surface area contributed by atoms with Crippen molar-refractivity contribution >= 4 is 29.2 Å². The molecule has 2 aromatic rings. The lowest BCUT2D eigenvalue weighted by Crippen LogP contribution is -1.94. The fourth-order valence-corrected chi connectivity index (χ4v) is 1.87. The van der Waals surface area contributed by atoms with Crippen LogP contribution >= 0.6 is 0 Å². The molecule has 0 spiro atoms. The van der Waals surface area contributed by atoms with Crippen molar-refractivity contribution in [3.63, 3.8) is 0 Å². The summed E-state index contributed by atoms with van der Waals surface area (Å²) < 4.78 is 0. The Morgan fingerprint density at radius 1 is 0.739 bits per heavy atom. The second-order valence-corrected chi connectivity index (χ2v) is 4.44. The van der Waals surface area contributed by atoms with Gasteiger partial charge in [-0.15, -0.1) is 0 Å². The highest BCUT2D eigenvalue weighted by atomic mass is 16.6. The topological polar surface area (TPSA) is 129 Å². The molecule has 0 bridgehead atoms. The number of nitrogens with zero attached hydrogens (tertiary/aromatic N) is 3. The van der Waals surface area contributed by atoms with E-state index in [0.717, 1.165) is 12.1 Å². The molecule has 0 N–H and O–H groups in total. The second-order valence-electron chi connectivity index (χ2n) is 4.44. The van der Waals surface area contributed by atoms with Crippen LogP contribution in [0.15, 0.2) is 42.5 Å². The molecule has 9 nitrogen and oxygen atoms in total. The van der Waals surface area contributed by atoms with E-state index in [0.29, 0.717) is 5.56 Å². The Morgan fingerprint density at radius 3 is 2.00 bits per heavy atom. The SMILES string of the molecule is O=[N+]([O-])c1cccc(C=Cc2ccc([N+](=O)[O-])cc2[N+](=O)[O-])c1. The number of hydrogen-bond donors (Lipinski definition) is 0. The number of nitro benzene ring substituents is 3. The third-order valence-electron chi connectivity index (χ3n) is 2.96. The van der Waals surface area contributed by atoms with E-state index in [1.807, 2.05) is 0 Å². The lowest BCUT2D eigenvalue weighted by atomic mass is 10.1. The maximum Gasteiger partial charge on any atom is 0.283 e. The molecule has 0 saturated carbocycles. The molecule has 0 fully saturated rings. The quantitative estimate of drug-likeness (QED) is 0.471. The highest BCUT2D eigenvalue weighted by molar-refractivity contribution is 5.75. The normalized spacial score (nSPS) is 10.6. The van der Waals surface area contributed by atoms with Gasteiger partial charge in [0.1, 0.15) is 0 Å². The number of rotatable bonds is 5. The van der Waals surface area contributed by atoms with Gasteiger partial charge in [-0.1, -0.05) is 18.2 Å². The molecule has 0 atom stereocenters. The van der Waals surface area contributed by atoms with E-state index in [1.165, 1.54) is 36.4 Å². The Morgan fingerprint density at radius 2 is 1.39 bits per heavy atom. The molecule has 0 heterocycles. The van der Waals surface area contributed by atoms with Crippen LogP contribution in [0, 0.1) is 30.3 Å². The predicted molar refractivity (Wildman–Crippen MR) is 81.8 cm³/mol. The Kier molecular flexibility index (Phi) is 4.41. The molecule has 116 valence electrons. The largest absolute Gasteiger partial charge is 0.283 e. The molecule has 23 heavy (non-hydrogen) atoms. The standard InChI is InChI=1S/C14H9N3O6/c18-15(19)12-3-1-2-10(8-12)4-5-11-6-7-13(16(20)21)9-14(11)17(22)23/h1-9H. The summed E-state index contributed by atoms with van der Waals surface area (Å²) in [7, 11) is 0. The number of nitro groups is 3. The van der Waals surface area contributed by atoms with E-state index >= 15 is 0 Å². The molecular weight excluding hydrogens is 306 g/mol. The van der Waals surface area contributed by atoms with Crippen LogP contribution in [0.4, 0.5) is 17.1 Å². The minimum absolute atomic E-state index is 0.106. The van der Waals surface area contributed by atoms with Crippen LogP contribution < -0.4 is 0 Å². The summed E-state index contributed by atoms with van der Waals surface area (Å²) in [5.74, 6) is 0. The predicted octanol–water partition coefficient (Wildman–Crippen LogP) is 3.58. The Hall–Kier alpha value is -3.62. The van der Waals surface area contributed by atoms with Crippen LogP contribution in [0.3, 0.4) is 0 Å². The lowest BCUT2D eigenvalue weighted by Gasteiger charge is -1.98. The minimum atomic E-state index is -0.722. The molecule has 0 unspecified atom stereocenters. The number of hydrogen-bond acceptors (Lipinski definition) is 6. The van der Waals surface area contributed by atoms with Crippen molar-refractivity contribution in [2.45, 2.75) is 0 Å². The van der Waals surface area contributed by atoms with Gasteiger partial charge >= 0.3 is 0 Å². The molecule has 9 heteroatoms. The summed E-state index contributed by atoms with van der Waals surface area (Å²) in [6.07, 6.45) is 2.84. The van der Waals surface area contributed by atoms with Crippen molar-refractivity contribution < 1.29 is 14.8 Å². The summed E-state index contributed by atoms with van der Waals surface area (Å²) >= 11 is 0. The molecule has 2 aromatic carbocycles. The minimum Gasteiger partial charge on any atom is -0.258 e. The Balaban J connectivity index is 2.39. The first-order valence-corrected chi connectivity index (χ1v) is 6.24. The second kappa shape index (κ2) is 6.43. The van der Waals surface area contributed by atoms with Gasteiger partial charge < -0.3 is 0 Å². The van der Waals surface area contributed by atoms with Crippen molar-refractivity contribution in [1.29, 1.82) is 0 Å². The highest BCUT2D eigenvalue weighted by Crippen LogP contribution is 2.26. The summed E-state index contributed by atoms with van der Waals surface area (Å²) in [5, 5.41) is 32.4. The maximum absolute atomic E-state index is 11.0. The average Bonchev–Trinajstić information content (AvgIpc) is 2.52. The van der Waals surface area contributed by atoms with E-state index < -0.39 is 20.5 Å². The van der Waals surface area contributed by atoms with Gasteiger partial charge in [-0.2, -0.15) is 0 Å². The van der Waals surface area contributed by atoms with Gasteiger partial charge in [0.25, 0.3) is 17.1 Å². The van der Waals surface area contributed by atoms with E-state index in [1.54, 1.807) is 6.07 Å². The maximum atomic E-state index is 11.0. The van der Waals surface area contributed by atoms with Crippen LogP contribution in [-0.4, -0.2) is 14.8 Å². The average molecular weight is 315 g/mol. The molecule has 2 rings (SSSR count). The molecule has 0 aromatic heterocycles. The summed E-state index contributed by atoms with van der Waals surface area (Å²) in [6.45, 7) is 0. The van der Waals surface area contributed by atoms with Crippen LogP contribution in [0.5, 0.6) is 0 Å². The zero-order valence-corrected chi connectivity index (χ0v) is 11.5. The summed E-state index contributed by atoms with van der Waals surface area (Å²) in [6, 6.07) is 9.00. The van der Waals surface area contributed by atoms with Gasteiger partial charge in [0, 0.05) is 18.2 Å². The van der Waals surface area contributed by atoms with Gasteiger partial charge in [0.15, 0.2) is 0 Å². The smallest absolute Gasteiger partial charge is 0.258 e. The zero-order chi connectivity index (χ0) is 17.0. The van der Waals surface area contributed by atoms with Crippen LogP contribution in [0.2, 0.25) is 0 Å². The van der Waals surface area contributed by atoms with Crippen LogP contribution in [0.1, 0.15) is 11.1 Å². The van der Waals surface area contributed by atoms with Gasteiger partial charge in [-0.25, -0.2) is 0 Å². The van der Waals surface area contributed by atoms with Crippen LogP contribution in [-0.2, 0) is 0 Å². The monoisotopic (exact) mass is 315 g/mol. The lowest BCUT2D eigenvalue weighted by molar-refractivity contribution is -0.394. The van der Waals surface area contributed by atoms with Crippen molar-refractivity contribution in [2.75, 3.05) is 0 Å². The van der Waals surface area contributed by atoms with E-state index in [4.69, 9.17) is 0 Å². The van der Waals surface area contributed by atoms with Crippen LogP contribution in [0.25, 0.3) is 12.2 Å². The fourth-order valence-electron chi connectivity index (χ4n) is 1.87. The van der Waals surface area contributed by atoms with E-state index in [9.17, 15) is 30.3 Å². The first kappa shape index (κ1) is 15.8. The van der Waals surface area contributed by atoms with E-state index in [2.05, 4.69) is 0 Å².